The minimum Gasteiger partial charge on any atom is -0.431 e. The number of carbonyl (C=O) groups excluding carboxylic acids is 3. The highest BCUT2D eigenvalue weighted by Crippen LogP contribution is 2.76. The van der Waals surface area contributed by atoms with Crippen molar-refractivity contribution in [2.75, 3.05) is 0 Å². The zero-order valence-electron chi connectivity index (χ0n) is 13.8. The summed E-state index contributed by atoms with van der Waals surface area (Å²) in [5.41, 5.74) is 0. The summed E-state index contributed by atoms with van der Waals surface area (Å²) in [7, 11) is 0. The second kappa shape index (κ2) is 3.86. The number of allylic oxidation sites excluding steroid dienone is 1. The highest BCUT2D eigenvalue weighted by Gasteiger charge is 2.75. The number of fused-ring (bicyclic) bond motifs is 17. The number of ether oxygens (including phenoxy) is 2. The van der Waals surface area contributed by atoms with E-state index in [9.17, 15) is 14.4 Å². The predicted molar refractivity (Wildman–Crippen MR) is 82.1 cm³/mol. The molecule has 0 spiro atoms. The molecule has 0 N–H and O–H groups in total. The Morgan fingerprint density at radius 1 is 0.600 bits per heavy atom. The van der Waals surface area contributed by atoms with E-state index >= 15 is 0 Å². The molecule has 7 fully saturated rings. The summed E-state index contributed by atoms with van der Waals surface area (Å²) in [5, 5.41) is 0. The summed E-state index contributed by atoms with van der Waals surface area (Å²) < 4.78 is 10.4. The van der Waals surface area contributed by atoms with Gasteiger partial charge in [0.25, 0.3) is 0 Å². The van der Waals surface area contributed by atoms with Crippen LogP contribution in [0.4, 0.5) is 0 Å². The molecule has 5 saturated carbocycles. The molecule has 12 unspecified atom stereocenters. The molecule has 12 atom stereocenters. The third-order valence-electron chi connectivity index (χ3n) is 9.39. The third kappa shape index (κ3) is 1.24. The molecule has 0 aromatic rings. The molecule has 130 valence electrons. The first kappa shape index (κ1) is 13.5. The molecular weight excluding hydrogens is 320 g/mol. The lowest BCUT2D eigenvalue weighted by Gasteiger charge is -2.38. The van der Waals surface area contributed by atoms with Crippen LogP contribution in [-0.2, 0) is 23.9 Å². The van der Waals surface area contributed by atoms with Gasteiger partial charge in [0.1, 0.15) is 5.76 Å². The van der Waals surface area contributed by atoms with Gasteiger partial charge in [-0.05, 0) is 66.6 Å². The highest BCUT2D eigenvalue weighted by molar-refractivity contribution is 5.97. The Balaban J connectivity index is 1.30. The second-order valence-corrected chi connectivity index (χ2v) is 9.58. The summed E-state index contributed by atoms with van der Waals surface area (Å²) in [6, 6.07) is 0. The molecule has 7 aliphatic rings. The van der Waals surface area contributed by atoms with Gasteiger partial charge in [0.2, 0.25) is 0 Å². The first-order valence-corrected chi connectivity index (χ1v) is 9.72. The van der Waals surface area contributed by atoms with Crippen LogP contribution in [0.3, 0.4) is 0 Å². The van der Waals surface area contributed by atoms with Crippen molar-refractivity contribution in [2.24, 2.45) is 71.0 Å². The van der Waals surface area contributed by atoms with Crippen molar-refractivity contribution in [1.82, 2.24) is 0 Å². The molecule has 0 aromatic carbocycles. The van der Waals surface area contributed by atoms with Crippen molar-refractivity contribution >= 4 is 17.9 Å². The number of carbonyl (C=O) groups is 3. The lowest BCUT2D eigenvalue weighted by atomic mass is 9.63. The maximum Gasteiger partial charge on any atom is 0.317 e. The Morgan fingerprint density at radius 2 is 1.04 bits per heavy atom. The van der Waals surface area contributed by atoms with Crippen LogP contribution in [0.1, 0.15) is 19.3 Å². The first-order chi connectivity index (χ1) is 12.1. The number of rotatable bonds is 0. The Labute approximate surface area is 145 Å². The topological polar surface area (TPSA) is 69.7 Å². The number of hydrogen-bond acceptors (Lipinski definition) is 5. The van der Waals surface area contributed by atoms with E-state index in [1.807, 2.05) is 0 Å². The summed E-state index contributed by atoms with van der Waals surface area (Å²) in [4.78, 5) is 36.8. The molecule has 4 bridgehead atoms. The van der Waals surface area contributed by atoms with Gasteiger partial charge in [-0.2, -0.15) is 0 Å². The van der Waals surface area contributed by atoms with Crippen molar-refractivity contribution in [2.45, 2.75) is 19.3 Å². The van der Waals surface area contributed by atoms with Gasteiger partial charge in [-0.3, -0.25) is 14.4 Å². The summed E-state index contributed by atoms with van der Waals surface area (Å²) in [6.07, 6.45) is 3.29. The van der Waals surface area contributed by atoms with Crippen LogP contribution < -0.4 is 0 Å². The van der Waals surface area contributed by atoms with E-state index in [2.05, 4.69) is 6.58 Å². The van der Waals surface area contributed by atoms with Crippen LogP contribution in [0.15, 0.2) is 12.3 Å². The quantitative estimate of drug-likeness (QED) is 0.496. The predicted octanol–water partition coefficient (Wildman–Crippen LogP) is 1.77. The zero-order chi connectivity index (χ0) is 16.8. The van der Waals surface area contributed by atoms with Crippen LogP contribution in [0.25, 0.3) is 0 Å². The Hall–Kier alpha value is -1.65. The van der Waals surface area contributed by atoms with Gasteiger partial charge in [0.15, 0.2) is 0 Å². The third-order valence-corrected chi connectivity index (χ3v) is 9.39. The van der Waals surface area contributed by atoms with E-state index in [-0.39, 0.29) is 41.6 Å². The number of cyclic esters (lactones) is 3. The van der Waals surface area contributed by atoms with Crippen molar-refractivity contribution in [3.63, 3.8) is 0 Å². The molecule has 5 aliphatic carbocycles. The monoisotopic (exact) mass is 340 g/mol. The van der Waals surface area contributed by atoms with Crippen molar-refractivity contribution in [1.29, 1.82) is 0 Å². The Bertz CT molecular complexity index is 721. The van der Waals surface area contributed by atoms with Crippen molar-refractivity contribution in [3.05, 3.63) is 12.3 Å². The SMILES string of the molecule is C=C1OC(=O)C2C3CC(C4CC5C6CC(C7C(=O)OC(=O)C67)C5C43)C12. The second-order valence-electron chi connectivity index (χ2n) is 9.58. The fourth-order valence-electron chi connectivity index (χ4n) is 9.19. The van der Waals surface area contributed by atoms with Crippen LogP contribution in [-0.4, -0.2) is 17.9 Å². The maximum atomic E-state index is 12.4. The molecule has 2 saturated heterocycles. The molecule has 0 amide bonds. The molecule has 5 heteroatoms. The summed E-state index contributed by atoms with van der Waals surface area (Å²) >= 11 is 0. The Morgan fingerprint density at radius 3 is 1.68 bits per heavy atom. The average molecular weight is 340 g/mol. The minimum absolute atomic E-state index is 0.00425. The number of esters is 3. The van der Waals surface area contributed by atoms with Gasteiger partial charge in [-0.1, -0.05) is 6.58 Å². The lowest BCUT2D eigenvalue weighted by molar-refractivity contribution is -0.155. The molecule has 2 aliphatic heterocycles. The smallest absolute Gasteiger partial charge is 0.317 e. The van der Waals surface area contributed by atoms with Gasteiger partial charge in [-0.25, -0.2) is 0 Å². The maximum absolute atomic E-state index is 12.4. The minimum atomic E-state index is -0.279. The number of hydrogen-bond donors (Lipinski definition) is 0. The molecule has 5 nitrogen and oxygen atoms in total. The lowest BCUT2D eigenvalue weighted by Crippen LogP contribution is -2.40. The van der Waals surface area contributed by atoms with Crippen LogP contribution in [0.2, 0.25) is 0 Å². The first-order valence-electron chi connectivity index (χ1n) is 9.72. The fourth-order valence-corrected chi connectivity index (χ4v) is 9.19. The van der Waals surface area contributed by atoms with Crippen molar-refractivity contribution < 1.29 is 23.9 Å². The van der Waals surface area contributed by atoms with E-state index in [1.165, 1.54) is 0 Å². The fraction of sp³-hybridized carbons (Fsp3) is 0.750. The molecule has 0 radical (unpaired) electrons. The van der Waals surface area contributed by atoms with Gasteiger partial charge in [-0.15, -0.1) is 0 Å². The molecule has 2 heterocycles. The average Bonchev–Trinajstić information content (AvgIpc) is 3.33. The normalized spacial score (nSPS) is 62.1. The van der Waals surface area contributed by atoms with Gasteiger partial charge in [0.05, 0.1) is 17.8 Å². The van der Waals surface area contributed by atoms with Crippen LogP contribution >= 0.6 is 0 Å². The largest absolute Gasteiger partial charge is 0.431 e. The van der Waals surface area contributed by atoms with E-state index in [1.54, 1.807) is 0 Å². The van der Waals surface area contributed by atoms with Crippen LogP contribution in [0.5, 0.6) is 0 Å². The van der Waals surface area contributed by atoms with E-state index in [0.29, 0.717) is 53.1 Å². The molecule has 25 heavy (non-hydrogen) atoms. The zero-order valence-corrected chi connectivity index (χ0v) is 13.8. The van der Waals surface area contributed by atoms with E-state index in [4.69, 9.17) is 9.47 Å². The summed E-state index contributed by atoms with van der Waals surface area (Å²) in [5.74, 6) is 3.70. The molecular formula is C20H20O5. The Kier molecular flexibility index (Phi) is 2.09. The van der Waals surface area contributed by atoms with Gasteiger partial charge < -0.3 is 9.47 Å². The van der Waals surface area contributed by atoms with E-state index in [0.717, 1.165) is 19.3 Å². The summed E-state index contributed by atoms with van der Waals surface area (Å²) in [6.45, 7) is 4.01. The van der Waals surface area contributed by atoms with Crippen LogP contribution in [0, 0.1) is 71.0 Å². The standard InChI is InChI=1S/C20H20O5/c1-5-12-6-3-10(16(12)18(21)24-5)13-7(6)2-8-9-4-11(14(8)13)17-15(9)19(22)25-20(17)23/h6-17H,1-4H2. The van der Waals surface area contributed by atoms with Gasteiger partial charge >= 0.3 is 17.9 Å². The van der Waals surface area contributed by atoms with Crippen molar-refractivity contribution in [3.8, 4) is 0 Å². The molecule has 0 aromatic heterocycles. The highest BCUT2D eigenvalue weighted by atomic mass is 16.6. The molecule has 7 rings (SSSR count). The van der Waals surface area contributed by atoms with Gasteiger partial charge in [0, 0.05) is 5.92 Å². The van der Waals surface area contributed by atoms with E-state index < -0.39 is 0 Å².